The Labute approximate surface area is 113 Å². The first kappa shape index (κ1) is 15.5. The van der Waals surface area contributed by atoms with Gasteiger partial charge in [0.05, 0.1) is 6.10 Å². The predicted octanol–water partition coefficient (Wildman–Crippen LogP) is 1.47. The number of aliphatic hydroxyl groups is 1. The Balaban J connectivity index is 2.39. The fraction of sp³-hybridized carbons (Fsp3) is 0.500. The SMILES string of the molecule is CC(O)CCN(C)CCOc1ccccc1C(=O)O. The number of aromatic carboxylic acids is 1. The van der Waals surface area contributed by atoms with Crippen LogP contribution >= 0.6 is 0 Å². The minimum atomic E-state index is -0.988. The third-order valence-electron chi connectivity index (χ3n) is 2.78. The Kier molecular flexibility index (Phi) is 6.32. The summed E-state index contributed by atoms with van der Waals surface area (Å²) in [5, 5.41) is 18.2. The first-order valence-corrected chi connectivity index (χ1v) is 6.32. The highest BCUT2D eigenvalue weighted by Gasteiger charge is 2.10. The second-order valence-electron chi connectivity index (χ2n) is 4.59. The molecule has 2 N–H and O–H groups in total. The van der Waals surface area contributed by atoms with E-state index in [9.17, 15) is 9.90 Å². The number of benzene rings is 1. The molecule has 106 valence electrons. The molecule has 0 aromatic heterocycles. The summed E-state index contributed by atoms with van der Waals surface area (Å²) >= 11 is 0. The number of carboxylic acid groups (broad SMARTS) is 1. The van der Waals surface area contributed by atoms with Crippen molar-refractivity contribution in [3.63, 3.8) is 0 Å². The van der Waals surface area contributed by atoms with Gasteiger partial charge < -0.3 is 19.8 Å². The van der Waals surface area contributed by atoms with Crippen molar-refractivity contribution in [2.75, 3.05) is 26.7 Å². The van der Waals surface area contributed by atoms with Crippen LogP contribution in [-0.2, 0) is 0 Å². The van der Waals surface area contributed by atoms with Crippen molar-refractivity contribution in [3.05, 3.63) is 29.8 Å². The average molecular weight is 267 g/mol. The van der Waals surface area contributed by atoms with Crippen molar-refractivity contribution < 1.29 is 19.7 Å². The standard InChI is InChI=1S/C14H21NO4/c1-11(16)7-8-15(2)9-10-19-13-6-4-3-5-12(13)14(17)18/h3-6,11,16H,7-10H2,1-2H3,(H,17,18). The van der Waals surface area contributed by atoms with E-state index < -0.39 is 5.97 Å². The number of likely N-dealkylation sites (N-methyl/N-ethyl adjacent to an activating group) is 1. The van der Waals surface area contributed by atoms with E-state index in [1.54, 1.807) is 25.1 Å². The van der Waals surface area contributed by atoms with Gasteiger partial charge in [-0.25, -0.2) is 4.79 Å². The number of aliphatic hydroxyl groups excluding tert-OH is 1. The van der Waals surface area contributed by atoms with Gasteiger partial charge in [0.15, 0.2) is 0 Å². The van der Waals surface area contributed by atoms with E-state index in [2.05, 4.69) is 0 Å². The molecule has 0 bridgehead atoms. The lowest BCUT2D eigenvalue weighted by Gasteiger charge is -2.18. The third-order valence-corrected chi connectivity index (χ3v) is 2.78. The summed E-state index contributed by atoms with van der Waals surface area (Å²) in [6, 6.07) is 6.60. The van der Waals surface area contributed by atoms with Crippen LogP contribution in [0.15, 0.2) is 24.3 Å². The summed E-state index contributed by atoms with van der Waals surface area (Å²) in [6.07, 6.45) is 0.401. The molecule has 0 amide bonds. The van der Waals surface area contributed by atoms with E-state index in [4.69, 9.17) is 9.84 Å². The second kappa shape index (κ2) is 7.76. The molecule has 1 atom stereocenters. The number of ether oxygens (including phenoxy) is 1. The number of hydrogen-bond acceptors (Lipinski definition) is 4. The molecule has 1 aromatic carbocycles. The van der Waals surface area contributed by atoms with Crippen LogP contribution in [0.4, 0.5) is 0 Å². The molecule has 1 unspecified atom stereocenters. The zero-order valence-corrected chi connectivity index (χ0v) is 11.4. The monoisotopic (exact) mass is 267 g/mol. The predicted molar refractivity (Wildman–Crippen MR) is 72.7 cm³/mol. The lowest BCUT2D eigenvalue weighted by atomic mass is 10.2. The molecule has 1 rings (SSSR count). The molecule has 0 spiro atoms. The summed E-state index contributed by atoms with van der Waals surface area (Å²) in [5.74, 6) is -0.600. The van der Waals surface area contributed by atoms with E-state index in [1.807, 2.05) is 11.9 Å². The van der Waals surface area contributed by atoms with E-state index in [0.717, 1.165) is 6.54 Å². The summed E-state index contributed by atoms with van der Waals surface area (Å²) < 4.78 is 5.49. The van der Waals surface area contributed by atoms with E-state index in [1.165, 1.54) is 6.07 Å². The molecule has 0 aliphatic heterocycles. The number of rotatable bonds is 8. The van der Waals surface area contributed by atoms with Gasteiger partial charge in [0.1, 0.15) is 17.9 Å². The molecule has 0 fully saturated rings. The molecule has 5 heteroatoms. The highest BCUT2D eigenvalue weighted by atomic mass is 16.5. The van der Waals surface area contributed by atoms with Crippen molar-refractivity contribution in [1.82, 2.24) is 4.90 Å². The molecule has 0 saturated carbocycles. The molecule has 1 aromatic rings. The highest BCUT2D eigenvalue weighted by Crippen LogP contribution is 2.17. The van der Waals surface area contributed by atoms with Gasteiger partial charge in [-0.3, -0.25) is 0 Å². The number of carbonyl (C=O) groups is 1. The first-order valence-electron chi connectivity index (χ1n) is 6.32. The van der Waals surface area contributed by atoms with Crippen molar-refractivity contribution in [2.45, 2.75) is 19.4 Å². The smallest absolute Gasteiger partial charge is 0.339 e. The van der Waals surface area contributed by atoms with Crippen LogP contribution in [0.5, 0.6) is 5.75 Å². The van der Waals surface area contributed by atoms with Crippen LogP contribution in [0.3, 0.4) is 0 Å². The highest BCUT2D eigenvalue weighted by molar-refractivity contribution is 5.90. The van der Waals surface area contributed by atoms with Gasteiger partial charge in [0.2, 0.25) is 0 Å². The van der Waals surface area contributed by atoms with E-state index >= 15 is 0 Å². The molecule has 0 aliphatic rings. The normalized spacial score (nSPS) is 12.4. The number of carboxylic acids is 1. The maximum absolute atomic E-state index is 11.0. The quantitative estimate of drug-likeness (QED) is 0.746. The Bertz CT molecular complexity index is 406. The van der Waals surface area contributed by atoms with Gasteiger partial charge in [-0.1, -0.05) is 12.1 Å². The molecule has 0 heterocycles. The fourth-order valence-corrected chi connectivity index (χ4v) is 1.60. The molecular weight excluding hydrogens is 246 g/mol. The van der Waals surface area contributed by atoms with Crippen LogP contribution < -0.4 is 4.74 Å². The minimum Gasteiger partial charge on any atom is -0.491 e. The van der Waals surface area contributed by atoms with Crippen LogP contribution in [0.2, 0.25) is 0 Å². The van der Waals surface area contributed by atoms with Crippen LogP contribution in [0, 0.1) is 0 Å². The van der Waals surface area contributed by atoms with Gasteiger partial charge in [0, 0.05) is 13.1 Å². The lowest BCUT2D eigenvalue weighted by molar-refractivity contribution is 0.0691. The summed E-state index contributed by atoms with van der Waals surface area (Å²) in [6.45, 7) is 3.64. The molecule has 0 saturated heterocycles. The Morgan fingerprint density at radius 1 is 1.37 bits per heavy atom. The zero-order chi connectivity index (χ0) is 14.3. The number of hydrogen-bond donors (Lipinski definition) is 2. The van der Waals surface area contributed by atoms with Crippen molar-refractivity contribution in [1.29, 1.82) is 0 Å². The average Bonchev–Trinajstić information content (AvgIpc) is 2.36. The fourth-order valence-electron chi connectivity index (χ4n) is 1.60. The van der Waals surface area contributed by atoms with Crippen molar-refractivity contribution >= 4 is 5.97 Å². The topological polar surface area (TPSA) is 70.0 Å². The maximum atomic E-state index is 11.0. The summed E-state index contributed by atoms with van der Waals surface area (Å²) in [4.78, 5) is 13.0. The third kappa shape index (κ3) is 5.72. The Morgan fingerprint density at radius 2 is 2.05 bits per heavy atom. The van der Waals surface area contributed by atoms with Crippen molar-refractivity contribution in [3.8, 4) is 5.75 Å². The van der Waals surface area contributed by atoms with E-state index in [0.29, 0.717) is 25.3 Å². The Hall–Kier alpha value is -1.59. The summed E-state index contributed by atoms with van der Waals surface area (Å²) in [7, 11) is 1.94. The number of para-hydroxylation sites is 1. The van der Waals surface area contributed by atoms with Gasteiger partial charge in [-0.05, 0) is 32.5 Å². The molecule has 0 radical (unpaired) electrons. The molecule has 5 nitrogen and oxygen atoms in total. The van der Waals surface area contributed by atoms with Crippen LogP contribution in [0.25, 0.3) is 0 Å². The number of nitrogens with zero attached hydrogens (tertiary/aromatic N) is 1. The van der Waals surface area contributed by atoms with E-state index in [-0.39, 0.29) is 11.7 Å². The van der Waals surface area contributed by atoms with Crippen molar-refractivity contribution in [2.24, 2.45) is 0 Å². The van der Waals surface area contributed by atoms with Gasteiger partial charge in [-0.15, -0.1) is 0 Å². The minimum absolute atomic E-state index is 0.175. The zero-order valence-electron chi connectivity index (χ0n) is 11.4. The van der Waals surface area contributed by atoms with Gasteiger partial charge in [0.25, 0.3) is 0 Å². The van der Waals surface area contributed by atoms with Crippen LogP contribution in [0.1, 0.15) is 23.7 Å². The first-order chi connectivity index (χ1) is 9.00. The van der Waals surface area contributed by atoms with Gasteiger partial charge in [-0.2, -0.15) is 0 Å². The second-order valence-corrected chi connectivity index (χ2v) is 4.59. The molecule has 0 aliphatic carbocycles. The van der Waals surface area contributed by atoms with Gasteiger partial charge >= 0.3 is 5.97 Å². The Morgan fingerprint density at radius 3 is 2.68 bits per heavy atom. The molecule has 19 heavy (non-hydrogen) atoms. The molecular formula is C14H21NO4. The largest absolute Gasteiger partial charge is 0.491 e. The maximum Gasteiger partial charge on any atom is 0.339 e. The lowest BCUT2D eigenvalue weighted by Crippen LogP contribution is -2.27. The summed E-state index contributed by atoms with van der Waals surface area (Å²) in [5.41, 5.74) is 0.175. The van der Waals surface area contributed by atoms with Crippen LogP contribution in [-0.4, -0.2) is 53.9 Å².